The molecule has 9 rings (SSSR count). The van der Waals surface area contributed by atoms with Crippen LogP contribution >= 0.6 is 23.2 Å². The number of rotatable bonds is 13. The lowest BCUT2D eigenvalue weighted by molar-refractivity contribution is -0.136. The number of nitriles is 1. The van der Waals surface area contributed by atoms with Crippen LogP contribution in [-0.2, 0) is 21.6 Å². The number of aromatic nitrogens is 2. The van der Waals surface area contributed by atoms with Crippen LogP contribution in [0.1, 0.15) is 82.6 Å². The highest BCUT2D eigenvalue weighted by Crippen LogP contribution is 2.39. The van der Waals surface area contributed by atoms with E-state index in [4.69, 9.17) is 37.7 Å². The molecule has 15 nitrogen and oxygen atoms in total. The van der Waals surface area contributed by atoms with Gasteiger partial charge in [-0.1, -0.05) is 37.6 Å². The Morgan fingerprint density at radius 3 is 2.25 bits per heavy atom. The number of ether oxygens (including phenoxy) is 2. The monoisotopic (exact) mass is 919 g/mol. The molecule has 4 amide bonds. The summed E-state index contributed by atoms with van der Waals surface area (Å²) in [5.41, 5.74) is 4.16. The molecule has 1 N–H and O–H groups in total. The second-order valence-corrected chi connectivity index (χ2v) is 18.6. The number of anilines is 2. The Morgan fingerprint density at radius 2 is 1.54 bits per heavy atom. The Balaban J connectivity index is 0.718. The molecule has 0 spiro atoms. The van der Waals surface area contributed by atoms with E-state index in [0.29, 0.717) is 58.0 Å². The zero-order valence-corrected chi connectivity index (χ0v) is 38.0. The minimum Gasteiger partial charge on any atom is -0.489 e. The van der Waals surface area contributed by atoms with Crippen LogP contribution in [0.3, 0.4) is 0 Å². The van der Waals surface area contributed by atoms with E-state index in [2.05, 4.69) is 49.8 Å². The second-order valence-electron chi connectivity index (χ2n) is 17.8. The summed E-state index contributed by atoms with van der Waals surface area (Å²) in [6.07, 6.45) is 4.25. The van der Waals surface area contributed by atoms with Gasteiger partial charge >= 0.3 is 0 Å². The average molecular weight is 921 g/mol. The Labute approximate surface area is 388 Å². The van der Waals surface area contributed by atoms with Gasteiger partial charge in [0.05, 0.1) is 33.3 Å². The van der Waals surface area contributed by atoms with Crippen molar-refractivity contribution in [3.05, 3.63) is 105 Å². The van der Waals surface area contributed by atoms with Crippen LogP contribution in [0.25, 0.3) is 0 Å². The van der Waals surface area contributed by atoms with Crippen molar-refractivity contribution >= 4 is 58.5 Å². The van der Waals surface area contributed by atoms with Crippen molar-refractivity contribution in [1.82, 2.24) is 30.0 Å². The first-order chi connectivity index (χ1) is 31.4. The number of nitrogens with zero attached hydrogens (tertiary/aromatic N) is 8. The smallest absolute Gasteiger partial charge is 0.262 e. The van der Waals surface area contributed by atoms with E-state index in [-0.39, 0.29) is 25.4 Å². The minimum absolute atomic E-state index is 0.0934. The molecule has 17 heteroatoms. The molecule has 4 aromatic rings. The number of piperazine rings is 1. The maximum absolute atomic E-state index is 13.3. The molecular weight excluding hydrogens is 869 g/mol. The van der Waals surface area contributed by atoms with Crippen LogP contribution in [-0.4, -0.2) is 131 Å². The number of likely N-dealkylation sites (tertiary alicyclic amines) is 1. The van der Waals surface area contributed by atoms with Crippen molar-refractivity contribution in [1.29, 1.82) is 5.26 Å². The van der Waals surface area contributed by atoms with Gasteiger partial charge in [-0.2, -0.15) is 5.26 Å². The fourth-order valence-corrected chi connectivity index (χ4v) is 10.0. The van der Waals surface area contributed by atoms with Gasteiger partial charge in [-0.05, 0) is 78.9 Å². The van der Waals surface area contributed by atoms with Gasteiger partial charge in [0, 0.05) is 88.2 Å². The van der Waals surface area contributed by atoms with Gasteiger partial charge in [0.25, 0.3) is 11.8 Å². The molecule has 0 saturated carbocycles. The van der Waals surface area contributed by atoms with Crippen LogP contribution in [0, 0.1) is 11.3 Å². The Bertz CT molecular complexity index is 2530. The first kappa shape index (κ1) is 44.4. The molecule has 0 aliphatic carbocycles. The van der Waals surface area contributed by atoms with Crippen molar-refractivity contribution in [2.75, 3.05) is 74.6 Å². The summed E-state index contributed by atoms with van der Waals surface area (Å²) in [5.74, 6) is 0.120. The number of amides is 4. The van der Waals surface area contributed by atoms with E-state index in [9.17, 15) is 24.4 Å². The van der Waals surface area contributed by atoms with Gasteiger partial charge in [0.2, 0.25) is 17.8 Å². The summed E-state index contributed by atoms with van der Waals surface area (Å²) in [6.45, 7) is 12.1. The average Bonchev–Trinajstić information content (AvgIpc) is 3.55. The molecule has 1 aromatic heterocycles. The molecule has 0 radical (unpaired) electrons. The molecule has 3 aromatic carbocycles. The molecule has 1 atom stereocenters. The SMILES string of the molecule is CC(C)(c1ccc(OCc2ccnc(N3CCN(C4CCN(C5CN(c6ccc7c(c6)C(=O)N(C6CCC(=O)NC6=O)C7=O)C5)CC4)CC3)n2)cc1)c1cc(Cl)c(OCCCl)c(C#N)c1. The first-order valence-electron chi connectivity index (χ1n) is 22.2. The van der Waals surface area contributed by atoms with Crippen LogP contribution < -0.4 is 24.6 Å². The molecule has 6 heterocycles. The number of piperidine rings is 2. The van der Waals surface area contributed by atoms with Crippen LogP contribution in [0.5, 0.6) is 11.5 Å². The van der Waals surface area contributed by atoms with Gasteiger partial charge in [0.15, 0.2) is 5.75 Å². The Hall–Kier alpha value is -5.79. The Kier molecular flexibility index (Phi) is 12.7. The van der Waals surface area contributed by atoms with E-state index in [0.717, 1.165) is 98.4 Å². The van der Waals surface area contributed by atoms with Crippen molar-refractivity contribution in [3.63, 3.8) is 0 Å². The predicted octanol–water partition coefficient (Wildman–Crippen LogP) is 5.40. The summed E-state index contributed by atoms with van der Waals surface area (Å²) in [7, 11) is 0. The number of carbonyl (C=O) groups excluding carboxylic acids is 4. The molecule has 0 bridgehead atoms. The number of alkyl halides is 1. The first-order valence-corrected chi connectivity index (χ1v) is 23.1. The summed E-state index contributed by atoms with van der Waals surface area (Å²) >= 11 is 12.3. The van der Waals surface area contributed by atoms with Crippen LogP contribution in [0.4, 0.5) is 11.6 Å². The number of halogens is 2. The van der Waals surface area contributed by atoms with Crippen LogP contribution in [0.2, 0.25) is 5.02 Å². The molecule has 65 heavy (non-hydrogen) atoms. The van der Waals surface area contributed by atoms with Gasteiger partial charge in [0.1, 0.15) is 31.1 Å². The third-order valence-corrected chi connectivity index (χ3v) is 14.1. The van der Waals surface area contributed by atoms with E-state index >= 15 is 0 Å². The number of hydrogen-bond acceptors (Lipinski definition) is 13. The predicted molar refractivity (Wildman–Crippen MR) is 245 cm³/mol. The lowest BCUT2D eigenvalue weighted by Gasteiger charge is -2.50. The van der Waals surface area contributed by atoms with Gasteiger partial charge in [-0.25, -0.2) is 9.97 Å². The lowest BCUT2D eigenvalue weighted by atomic mass is 9.77. The number of benzene rings is 3. The minimum atomic E-state index is -0.971. The van der Waals surface area contributed by atoms with E-state index in [1.807, 2.05) is 48.5 Å². The summed E-state index contributed by atoms with van der Waals surface area (Å²) < 4.78 is 11.8. The standard InChI is InChI=1S/C48H51Cl2N9O6/c1-48(2,32-23-30(26-51)43(40(50)24-32)64-22-14-49)31-3-6-37(7-4-31)65-29-33-11-15-52-47(53-33)57-20-18-56(19-21-57)34-12-16-55(17-13-34)36-27-58(28-36)35-5-8-38-39(25-35)46(63)59(45(38)62)41-9-10-42(60)54-44(41)61/h3-8,11,15,23-25,34,36,41H,9-10,12-14,16-22,27-29H2,1-2H3,(H,54,60,61). The largest absolute Gasteiger partial charge is 0.489 e. The molecule has 4 saturated heterocycles. The number of imide groups is 2. The van der Waals surface area contributed by atoms with Crippen molar-refractivity contribution < 1.29 is 28.7 Å². The van der Waals surface area contributed by atoms with E-state index in [1.54, 1.807) is 18.3 Å². The lowest BCUT2D eigenvalue weighted by Crippen LogP contribution is -2.62. The van der Waals surface area contributed by atoms with Crippen molar-refractivity contribution in [2.24, 2.45) is 0 Å². The molecule has 1 unspecified atom stereocenters. The third-order valence-electron chi connectivity index (χ3n) is 13.7. The fraction of sp³-hybridized carbons (Fsp3) is 0.438. The zero-order valence-electron chi connectivity index (χ0n) is 36.5. The van der Waals surface area contributed by atoms with E-state index < -0.39 is 29.2 Å². The number of hydrogen-bond donors (Lipinski definition) is 1. The molecule has 4 fully saturated rings. The summed E-state index contributed by atoms with van der Waals surface area (Å²) in [6, 6.07) is 21.0. The molecule has 5 aliphatic heterocycles. The summed E-state index contributed by atoms with van der Waals surface area (Å²) in [5, 5.41) is 12.4. The highest BCUT2D eigenvalue weighted by atomic mass is 35.5. The maximum Gasteiger partial charge on any atom is 0.262 e. The maximum atomic E-state index is 13.3. The molecular formula is C48H51Cl2N9O6. The normalized spacial score (nSPS) is 20.1. The quantitative estimate of drug-likeness (QED) is 0.134. The number of fused-ring (bicyclic) bond motifs is 1. The molecule has 5 aliphatic rings. The zero-order chi connectivity index (χ0) is 45.4. The molecule has 338 valence electrons. The van der Waals surface area contributed by atoms with Crippen molar-refractivity contribution in [2.45, 2.75) is 69.7 Å². The number of carbonyl (C=O) groups is 4. The second kappa shape index (κ2) is 18.6. The number of nitrogens with one attached hydrogen (secondary N) is 1. The summed E-state index contributed by atoms with van der Waals surface area (Å²) in [4.78, 5) is 70.8. The van der Waals surface area contributed by atoms with Gasteiger partial charge < -0.3 is 19.3 Å². The highest BCUT2D eigenvalue weighted by Gasteiger charge is 2.45. The highest BCUT2D eigenvalue weighted by molar-refractivity contribution is 6.32. The third kappa shape index (κ3) is 8.97. The Morgan fingerprint density at radius 1 is 0.815 bits per heavy atom. The van der Waals surface area contributed by atoms with Gasteiger partial charge in [-0.15, -0.1) is 11.6 Å². The topological polar surface area (TPSA) is 165 Å². The van der Waals surface area contributed by atoms with Crippen LogP contribution in [0.15, 0.2) is 66.9 Å². The van der Waals surface area contributed by atoms with Gasteiger partial charge in [-0.3, -0.25) is 39.2 Å². The van der Waals surface area contributed by atoms with E-state index in [1.165, 1.54) is 0 Å². The van der Waals surface area contributed by atoms with Crippen molar-refractivity contribution in [3.8, 4) is 17.6 Å². The fourth-order valence-electron chi connectivity index (χ4n) is 9.69.